The summed E-state index contributed by atoms with van der Waals surface area (Å²) < 4.78 is 47.5. The average molecular weight is 470 g/mol. The van der Waals surface area contributed by atoms with Crippen molar-refractivity contribution in [2.24, 2.45) is 0 Å². The van der Waals surface area contributed by atoms with E-state index in [9.17, 15) is 17.6 Å². The van der Waals surface area contributed by atoms with Crippen molar-refractivity contribution in [2.75, 3.05) is 10.9 Å². The fourth-order valence-electron chi connectivity index (χ4n) is 3.91. The topological polar surface area (TPSA) is 63.7 Å². The number of carbonyl (C=O) groups excluding carboxylic acids is 1. The van der Waals surface area contributed by atoms with Crippen molar-refractivity contribution in [2.45, 2.75) is 45.6 Å². The van der Waals surface area contributed by atoms with Crippen molar-refractivity contribution in [3.05, 3.63) is 94.3 Å². The lowest BCUT2D eigenvalue weighted by Gasteiger charge is -2.27. The molecule has 0 spiro atoms. The second-order valence-electron chi connectivity index (χ2n) is 8.01. The summed E-state index contributed by atoms with van der Waals surface area (Å²) in [5.41, 5.74) is 4.13. The van der Waals surface area contributed by atoms with Gasteiger partial charge in [-0.3, -0.25) is 9.10 Å². The largest absolute Gasteiger partial charge is 0.466 e. The molecule has 0 unspecified atom stereocenters. The van der Waals surface area contributed by atoms with Gasteiger partial charge in [0.15, 0.2) is 0 Å². The van der Waals surface area contributed by atoms with Crippen LogP contribution >= 0.6 is 0 Å². The van der Waals surface area contributed by atoms with Gasteiger partial charge in [0.05, 0.1) is 30.2 Å². The molecule has 5 nitrogen and oxygen atoms in total. The van der Waals surface area contributed by atoms with Gasteiger partial charge in [-0.25, -0.2) is 12.8 Å². The van der Waals surface area contributed by atoms with Crippen LogP contribution in [0.25, 0.3) is 0 Å². The molecule has 0 amide bonds. The number of carbonyl (C=O) groups is 1. The number of halogens is 1. The fraction of sp³-hybridized carbons (Fsp3) is 0.269. The first-order chi connectivity index (χ1) is 15.6. The second-order valence-corrected chi connectivity index (χ2v) is 9.81. The summed E-state index contributed by atoms with van der Waals surface area (Å²) in [5, 5.41) is 0. The van der Waals surface area contributed by atoms with Gasteiger partial charge in [-0.1, -0.05) is 42.0 Å². The highest BCUT2D eigenvalue weighted by molar-refractivity contribution is 7.92. The predicted octanol–water partition coefficient (Wildman–Crippen LogP) is 5.25. The first-order valence-corrected chi connectivity index (χ1v) is 12.2. The molecule has 33 heavy (non-hydrogen) atoms. The minimum Gasteiger partial charge on any atom is -0.466 e. The monoisotopic (exact) mass is 469 g/mol. The molecule has 0 atom stereocenters. The van der Waals surface area contributed by atoms with E-state index in [1.807, 2.05) is 19.1 Å². The van der Waals surface area contributed by atoms with Crippen LogP contribution in [0.2, 0.25) is 0 Å². The molecule has 0 aromatic heterocycles. The van der Waals surface area contributed by atoms with Gasteiger partial charge < -0.3 is 4.74 Å². The van der Waals surface area contributed by atoms with Crippen LogP contribution in [0.15, 0.2) is 65.6 Å². The second kappa shape index (κ2) is 10.2. The maximum atomic E-state index is 13.9. The maximum Gasteiger partial charge on any atom is 0.310 e. The molecule has 0 aliphatic carbocycles. The smallest absolute Gasteiger partial charge is 0.310 e. The van der Waals surface area contributed by atoms with E-state index in [1.54, 1.807) is 57.2 Å². The Morgan fingerprint density at radius 2 is 1.45 bits per heavy atom. The summed E-state index contributed by atoms with van der Waals surface area (Å²) in [6.45, 7) is 7.57. The van der Waals surface area contributed by atoms with Crippen LogP contribution in [0.5, 0.6) is 0 Å². The normalized spacial score (nSPS) is 11.3. The molecule has 0 aliphatic heterocycles. The van der Waals surface area contributed by atoms with Crippen molar-refractivity contribution in [3.63, 3.8) is 0 Å². The zero-order valence-corrected chi connectivity index (χ0v) is 20.1. The van der Waals surface area contributed by atoms with E-state index in [4.69, 9.17) is 4.74 Å². The number of esters is 1. The zero-order valence-electron chi connectivity index (χ0n) is 19.3. The van der Waals surface area contributed by atoms with Crippen molar-refractivity contribution in [1.29, 1.82) is 0 Å². The Morgan fingerprint density at radius 1 is 0.909 bits per heavy atom. The Balaban J connectivity index is 2.05. The summed E-state index contributed by atoms with van der Waals surface area (Å²) in [7, 11) is -3.94. The molecule has 0 saturated heterocycles. The SMILES string of the molecule is CCOC(=O)Cc1ccc(N(Cc2ccc(F)cc2)S(=O)(=O)c2c(C)cc(C)cc2C)cc1. The van der Waals surface area contributed by atoms with Crippen molar-refractivity contribution in [1.82, 2.24) is 0 Å². The van der Waals surface area contributed by atoms with Crippen LogP contribution in [0, 0.1) is 26.6 Å². The standard InChI is InChI=1S/C26H28FNO4S/c1-5-32-25(29)16-21-8-12-24(13-9-21)28(17-22-6-10-23(27)11-7-22)33(30,31)26-19(3)14-18(2)15-20(26)4/h6-15H,5,16-17H2,1-4H3. The Kier molecular flexibility index (Phi) is 7.53. The highest BCUT2D eigenvalue weighted by Gasteiger charge is 2.28. The van der Waals surface area contributed by atoms with Crippen LogP contribution in [-0.4, -0.2) is 21.0 Å². The third kappa shape index (κ3) is 5.79. The number of nitrogens with zero attached hydrogens (tertiary/aromatic N) is 1. The molecule has 3 rings (SSSR count). The molecule has 0 bridgehead atoms. The van der Waals surface area contributed by atoms with E-state index in [2.05, 4.69) is 0 Å². The molecule has 0 aliphatic rings. The molecule has 0 radical (unpaired) electrons. The first kappa shape index (κ1) is 24.5. The quantitative estimate of drug-likeness (QED) is 0.423. The van der Waals surface area contributed by atoms with Gasteiger partial charge in [0.1, 0.15) is 5.82 Å². The number of anilines is 1. The number of benzene rings is 3. The number of sulfonamides is 1. The highest BCUT2D eigenvalue weighted by atomic mass is 32.2. The molecule has 0 saturated carbocycles. The minimum absolute atomic E-state index is 0.0343. The molecule has 0 heterocycles. The van der Waals surface area contributed by atoms with Gasteiger partial charge in [-0.15, -0.1) is 0 Å². The number of rotatable bonds is 8. The minimum atomic E-state index is -3.94. The van der Waals surface area contributed by atoms with Gasteiger partial charge in [0.25, 0.3) is 10.0 Å². The van der Waals surface area contributed by atoms with Gasteiger partial charge in [-0.2, -0.15) is 0 Å². The van der Waals surface area contributed by atoms with E-state index in [-0.39, 0.29) is 29.6 Å². The van der Waals surface area contributed by atoms with E-state index in [1.165, 1.54) is 16.4 Å². The number of ether oxygens (including phenoxy) is 1. The van der Waals surface area contributed by atoms with E-state index in [0.717, 1.165) is 11.1 Å². The molecule has 7 heteroatoms. The fourth-order valence-corrected chi connectivity index (χ4v) is 5.78. The molecule has 3 aromatic rings. The van der Waals surface area contributed by atoms with Crippen molar-refractivity contribution in [3.8, 4) is 0 Å². The molecule has 3 aromatic carbocycles. The Hall–Kier alpha value is -3.19. The average Bonchev–Trinajstić information content (AvgIpc) is 2.73. The van der Waals surface area contributed by atoms with Crippen LogP contribution < -0.4 is 4.31 Å². The zero-order chi connectivity index (χ0) is 24.2. The summed E-state index contributed by atoms with van der Waals surface area (Å²) >= 11 is 0. The lowest BCUT2D eigenvalue weighted by molar-refractivity contribution is -0.142. The number of aryl methyl sites for hydroxylation is 3. The molecule has 0 fully saturated rings. The maximum absolute atomic E-state index is 13.9. The lowest BCUT2D eigenvalue weighted by atomic mass is 10.1. The molecule has 174 valence electrons. The van der Waals surface area contributed by atoms with Gasteiger partial charge >= 0.3 is 5.97 Å². The molecular formula is C26H28FNO4S. The van der Waals surface area contributed by atoms with Crippen molar-refractivity contribution >= 4 is 21.7 Å². The lowest BCUT2D eigenvalue weighted by Crippen LogP contribution is -2.31. The van der Waals surface area contributed by atoms with Crippen LogP contribution in [-0.2, 0) is 32.5 Å². The van der Waals surface area contributed by atoms with Gasteiger partial charge in [-0.05, 0) is 74.2 Å². The highest BCUT2D eigenvalue weighted by Crippen LogP contribution is 2.31. The Bertz CT molecular complexity index is 1210. The summed E-state index contributed by atoms with van der Waals surface area (Å²) in [5.74, 6) is -0.728. The van der Waals surface area contributed by atoms with Gasteiger partial charge in [0, 0.05) is 0 Å². The van der Waals surface area contributed by atoms with E-state index in [0.29, 0.717) is 29.0 Å². The van der Waals surface area contributed by atoms with Crippen LogP contribution in [0.1, 0.15) is 34.7 Å². The summed E-state index contributed by atoms with van der Waals surface area (Å²) in [6, 6.07) is 16.2. The molecule has 0 N–H and O–H groups in total. The summed E-state index contributed by atoms with van der Waals surface area (Å²) in [6.07, 6.45) is 0.106. The molecular weight excluding hydrogens is 441 g/mol. The Labute approximate surface area is 194 Å². The van der Waals surface area contributed by atoms with Crippen LogP contribution in [0.4, 0.5) is 10.1 Å². The van der Waals surface area contributed by atoms with E-state index >= 15 is 0 Å². The van der Waals surface area contributed by atoms with Gasteiger partial charge in [0.2, 0.25) is 0 Å². The summed E-state index contributed by atoms with van der Waals surface area (Å²) in [4.78, 5) is 12.0. The van der Waals surface area contributed by atoms with E-state index < -0.39 is 10.0 Å². The Morgan fingerprint density at radius 3 is 2.00 bits per heavy atom. The number of hydrogen-bond donors (Lipinski definition) is 0. The number of hydrogen-bond acceptors (Lipinski definition) is 4. The first-order valence-electron chi connectivity index (χ1n) is 10.7. The third-order valence-corrected chi connectivity index (χ3v) is 7.35. The predicted molar refractivity (Wildman–Crippen MR) is 127 cm³/mol. The van der Waals surface area contributed by atoms with Crippen LogP contribution in [0.3, 0.4) is 0 Å². The third-order valence-electron chi connectivity index (χ3n) is 5.27. The van der Waals surface area contributed by atoms with Crippen molar-refractivity contribution < 1.29 is 22.3 Å².